The van der Waals surface area contributed by atoms with E-state index in [1.165, 1.54) is 173 Å². The first-order valence-electron chi connectivity index (χ1n) is 34.8. The normalized spacial score (nSPS) is 14.1. The van der Waals surface area contributed by atoms with Crippen LogP contribution in [0.15, 0.2) is 0 Å². The maximum atomic E-state index is 13.0. The highest BCUT2D eigenvalue weighted by Gasteiger charge is 2.30. The molecule has 0 radical (unpaired) electrons. The van der Waals surface area contributed by atoms with E-state index in [-0.39, 0.29) is 25.7 Å². The highest BCUT2D eigenvalue weighted by atomic mass is 31.2. The highest BCUT2D eigenvalue weighted by molar-refractivity contribution is 7.47. The lowest BCUT2D eigenvalue weighted by Gasteiger charge is -2.21. The van der Waals surface area contributed by atoms with Gasteiger partial charge in [-0.2, -0.15) is 0 Å². The van der Waals surface area contributed by atoms with Crippen LogP contribution in [0.1, 0.15) is 342 Å². The van der Waals surface area contributed by atoms with E-state index in [0.717, 1.165) is 89.9 Å². The Kier molecular flexibility index (Phi) is 59.6. The maximum absolute atomic E-state index is 13.0. The molecule has 504 valence electrons. The zero-order valence-electron chi connectivity index (χ0n) is 54.6. The van der Waals surface area contributed by atoms with Crippen molar-refractivity contribution in [2.75, 3.05) is 39.6 Å². The molecular weight excluding hydrogens is 1130 g/mol. The molecule has 0 aliphatic heterocycles. The quantitative estimate of drug-likeness (QED) is 0.0222. The Hall–Kier alpha value is -1.94. The van der Waals surface area contributed by atoms with Gasteiger partial charge in [0.1, 0.15) is 19.3 Å². The number of esters is 4. The lowest BCUT2D eigenvalue weighted by molar-refractivity contribution is -0.161. The van der Waals surface area contributed by atoms with Crippen molar-refractivity contribution in [3.8, 4) is 0 Å². The summed E-state index contributed by atoms with van der Waals surface area (Å²) in [7, 11) is -9.89. The number of phosphoric acid groups is 2. The molecule has 0 amide bonds. The molecule has 0 bridgehead atoms. The second kappa shape index (κ2) is 60.9. The number of phosphoric ester groups is 2. The first kappa shape index (κ1) is 83.1. The average molecular weight is 1260 g/mol. The van der Waals surface area contributed by atoms with Crippen molar-refractivity contribution in [1.29, 1.82) is 0 Å². The van der Waals surface area contributed by atoms with Gasteiger partial charge >= 0.3 is 39.5 Å². The summed E-state index contributed by atoms with van der Waals surface area (Å²) in [5.74, 6) is -2.13. The van der Waals surface area contributed by atoms with Gasteiger partial charge in [0.2, 0.25) is 0 Å². The van der Waals surface area contributed by atoms with Crippen molar-refractivity contribution in [1.82, 2.24) is 0 Å². The van der Waals surface area contributed by atoms with E-state index < -0.39 is 97.5 Å². The van der Waals surface area contributed by atoms with Crippen LogP contribution in [0.4, 0.5) is 0 Å². The summed E-state index contributed by atoms with van der Waals surface area (Å²) < 4.78 is 68.1. The molecule has 0 aliphatic rings. The van der Waals surface area contributed by atoms with Crippen LogP contribution in [0, 0.1) is 0 Å². The van der Waals surface area contributed by atoms with Crippen LogP contribution in [0.5, 0.6) is 0 Å². The molecule has 0 aliphatic carbocycles. The molecule has 0 rings (SSSR count). The van der Waals surface area contributed by atoms with Crippen LogP contribution in [0.3, 0.4) is 0 Å². The number of carbonyl (C=O) groups excluding carboxylic acids is 4. The van der Waals surface area contributed by atoms with Gasteiger partial charge in [-0.3, -0.25) is 37.3 Å². The number of hydrogen-bond acceptors (Lipinski definition) is 15. The number of aliphatic hydroxyl groups excluding tert-OH is 1. The van der Waals surface area contributed by atoms with Crippen molar-refractivity contribution < 1.29 is 80.2 Å². The van der Waals surface area contributed by atoms with E-state index in [9.17, 15) is 43.2 Å². The Balaban J connectivity index is 5.23. The molecule has 3 N–H and O–H groups in total. The second-order valence-electron chi connectivity index (χ2n) is 23.9. The average Bonchev–Trinajstić information content (AvgIpc) is 3.52. The lowest BCUT2D eigenvalue weighted by atomic mass is 10.0. The highest BCUT2D eigenvalue weighted by Crippen LogP contribution is 2.45. The van der Waals surface area contributed by atoms with Crippen LogP contribution in [0.25, 0.3) is 0 Å². The van der Waals surface area contributed by atoms with Gasteiger partial charge in [0.25, 0.3) is 0 Å². The molecule has 85 heavy (non-hydrogen) atoms. The fraction of sp³-hybridized carbons (Fsp3) is 0.939. The van der Waals surface area contributed by atoms with Gasteiger partial charge in [0.15, 0.2) is 12.2 Å². The molecule has 2 unspecified atom stereocenters. The molecule has 0 spiro atoms. The lowest BCUT2D eigenvalue weighted by Crippen LogP contribution is -2.30. The van der Waals surface area contributed by atoms with Crippen LogP contribution in [0.2, 0.25) is 0 Å². The molecule has 0 aromatic rings. The summed E-state index contributed by atoms with van der Waals surface area (Å²) in [6, 6.07) is 0. The van der Waals surface area contributed by atoms with Gasteiger partial charge in [0, 0.05) is 25.7 Å². The monoisotopic (exact) mass is 1250 g/mol. The summed E-state index contributed by atoms with van der Waals surface area (Å²) in [5.41, 5.74) is 0. The molecule has 5 atom stereocenters. The van der Waals surface area contributed by atoms with Gasteiger partial charge in [-0.15, -0.1) is 0 Å². The number of carbonyl (C=O) groups is 4. The van der Waals surface area contributed by atoms with Gasteiger partial charge in [-0.1, -0.05) is 291 Å². The van der Waals surface area contributed by atoms with Gasteiger partial charge < -0.3 is 33.8 Å². The minimum atomic E-state index is -4.94. The van der Waals surface area contributed by atoms with E-state index in [0.29, 0.717) is 25.7 Å². The maximum Gasteiger partial charge on any atom is 0.472 e. The zero-order chi connectivity index (χ0) is 62.6. The Morgan fingerprint density at radius 2 is 0.471 bits per heavy atom. The molecule has 19 heteroatoms. The number of ether oxygens (including phenoxy) is 4. The standard InChI is InChI=1S/C66H128O17P2/c1-5-9-13-17-21-25-29-31-33-37-41-45-49-53-66(71)83-62(57-77-64(69)51-47-43-39-36-32-30-26-22-18-14-10-6-2)59-81-85(74,75)79-55-60(67)54-78-84(72,73)80-58-61(82-65(70)52-48-44-40-35-28-24-20-16-12-8-4)56-76-63(68)50-46-42-38-34-27-23-19-15-11-7-3/h60-62,67H,5-59H2,1-4H3,(H,72,73)(H,74,75)/t60-,61+,62+/m0/s1. The number of aliphatic hydroxyl groups is 1. The summed E-state index contributed by atoms with van der Waals surface area (Å²) in [4.78, 5) is 72.3. The molecule has 17 nitrogen and oxygen atoms in total. The first-order valence-corrected chi connectivity index (χ1v) is 37.8. The van der Waals surface area contributed by atoms with Gasteiger partial charge in [0.05, 0.1) is 26.4 Å². The van der Waals surface area contributed by atoms with E-state index in [1.807, 2.05) is 0 Å². The molecule has 0 fully saturated rings. The fourth-order valence-corrected chi connectivity index (χ4v) is 11.6. The summed E-state index contributed by atoms with van der Waals surface area (Å²) in [6.07, 6.45) is 47.0. The second-order valence-corrected chi connectivity index (χ2v) is 26.8. The van der Waals surface area contributed by atoms with Crippen molar-refractivity contribution in [3.63, 3.8) is 0 Å². The molecular formula is C66H128O17P2. The van der Waals surface area contributed by atoms with E-state index in [1.54, 1.807) is 0 Å². The molecule has 0 aromatic heterocycles. The first-order chi connectivity index (χ1) is 41.2. The third kappa shape index (κ3) is 60.7. The summed E-state index contributed by atoms with van der Waals surface area (Å²) in [6.45, 7) is 4.90. The Morgan fingerprint density at radius 3 is 0.694 bits per heavy atom. The Morgan fingerprint density at radius 1 is 0.282 bits per heavy atom. The topological polar surface area (TPSA) is 237 Å². The summed E-state index contributed by atoms with van der Waals surface area (Å²) in [5, 5.41) is 10.5. The minimum Gasteiger partial charge on any atom is -0.462 e. The predicted molar refractivity (Wildman–Crippen MR) is 340 cm³/mol. The zero-order valence-corrected chi connectivity index (χ0v) is 56.4. The van der Waals surface area contributed by atoms with E-state index in [2.05, 4.69) is 27.7 Å². The third-order valence-electron chi connectivity index (χ3n) is 15.4. The van der Waals surface area contributed by atoms with Gasteiger partial charge in [-0.25, -0.2) is 9.13 Å². The minimum absolute atomic E-state index is 0.107. The molecule has 0 aromatic carbocycles. The fourth-order valence-electron chi connectivity index (χ4n) is 9.99. The smallest absolute Gasteiger partial charge is 0.462 e. The van der Waals surface area contributed by atoms with E-state index >= 15 is 0 Å². The van der Waals surface area contributed by atoms with Crippen molar-refractivity contribution in [3.05, 3.63) is 0 Å². The molecule has 0 saturated carbocycles. The van der Waals surface area contributed by atoms with Crippen LogP contribution < -0.4 is 0 Å². The summed E-state index contributed by atoms with van der Waals surface area (Å²) >= 11 is 0. The number of hydrogen-bond donors (Lipinski definition) is 3. The third-order valence-corrected chi connectivity index (χ3v) is 17.3. The van der Waals surface area contributed by atoms with Crippen molar-refractivity contribution >= 4 is 39.5 Å². The van der Waals surface area contributed by atoms with Crippen LogP contribution in [-0.4, -0.2) is 96.7 Å². The Bertz CT molecular complexity index is 1640. The molecule has 0 saturated heterocycles. The number of rotatable bonds is 67. The van der Waals surface area contributed by atoms with E-state index in [4.69, 9.17) is 37.0 Å². The van der Waals surface area contributed by atoms with Crippen LogP contribution in [-0.2, 0) is 65.4 Å². The largest absolute Gasteiger partial charge is 0.472 e. The SMILES string of the molecule is CCCCCCCCCCCCCCCC(=O)O[C@H](COC(=O)CCCCCCCCCCCCCC)COP(=O)(O)OC[C@@H](O)COP(=O)(O)OC[C@@H](COC(=O)CCCCCCCCCCCC)OC(=O)CCCCCCCCCCCC. The van der Waals surface area contributed by atoms with Gasteiger partial charge in [-0.05, 0) is 25.7 Å². The number of unbranched alkanes of at least 4 members (excludes halogenated alkanes) is 41. The van der Waals surface area contributed by atoms with Crippen LogP contribution >= 0.6 is 15.6 Å². The van der Waals surface area contributed by atoms with Crippen molar-refractivity contribution in [2.45, 2.75) is 361 Å². The van der Waals surface area contributed by atoms with Crippen molar-refractivity contribution in [2.24, 2.45) is 0 Å². The Labute approximate surface area is 517 Å². The predicted octanol–water partition coefficient (Wildman–Crippen LogP) is 18.7. The molecule has 0 heterocycles.